The zero-order valence-electron chi connectivity index (χ0n) is 13.7. The molecule has 116 valence electrons. The number of rotatable bonds is 6. The van der Waals surface area contributed by atoms with Crippen LogP contribution < -0.4 is 4.90 Å². The van der Waals surface area contributed by atoms with E-state index >= 15 is 0 Å². The van der Waals surface area contributed by atoms with Gasteiger partial charge in [-0.15, -0.1) is 0 Å². The number of nitrogens with zero attached hydrogens (tertiary/aromatic N) is 1. The average molecular weight is 293 g/mol. The SMILES string of the molecule is CCCCCCc1ccc(N2CCc3ccccc3C2)cc1. The van der Waals surface area contributed by atoms with Gasteiger partial charge in [-0.05, 0) is 48.1 Å². The Balaban J connectivity index is 1.59. The predicted molar refractivity (Wildman–Crippen MR) is 95.5 cm³/mol. The van der Waals surface area contributed by atoms with E-state index in [9.17, 15) is 0 Å². The second-order valence-electron chi connectivity index (χ2n) is 6.42. The summed E-state index contributed by atoms with van der Waals surface area (Å²) < 4.78 is 0. The Labute approximate surface area is 135 Å². The fraction of sp³-hybridized carbons (Fsp3) is 0.429. The van der Waals surface area contributed by atoms with Crippen LogP contribution in [0.15, 0.2) is 48.5 Å². The molecule has 0 aromatic heterocycles. The largest absolute Gasteiger partial charge is 0.367 e. The molecule has 1 nitrogen and oxygen atoms in total. The molecule has 2 aromatic rings. The standard InChI is InChI=1S/C21H27N/c1-2-3-4-5-8-18-11-13-21(14-12-18)22-16-15-19-9-6-7-10-20(19)17-22/h6-7,9-14H,2-5,8,15-17H2,1H3. The van der Waals surface area contributed by atoms with E-state index in [4.69, 9.17) is 0 Å². The number of anilines is 1. The van der Waals surface area contributed by atoms with Crippen LogP contribution in [0.2, 0.25) is 0 Å². The summed E-state index contributed by atoms with van der Waals surface area (Å²) in [6.45, 7) is 4.45. The molecule has 0 N–H and O–H groups in total. The Bertz CT molecular complexity index is 585. The molecule has 0 atom stereocenters. The fourth-order valence-electron chi connectivity index (χ4n) is 3.35. The van der Waals surface area contributed by atoms with Crippen molar-refractivity contribution < 1.29 is 0 Å². The van der Waals surface area contributed by atoms with Crippen molar-refractivity contribution >= 4 is 5.69 Å². The number of fused-ring (bicyclic) bond motifs is 1. The molecule has 3 rings (SSSR count). The molecule has 0 unspecified atom stereocenters. The highest BCUT2D eigenvalue weighted by Gasteiger charge is 2.15. The highest BCUT2D eigenvalue weighted by Crippen LogP contribution is 2.24. The molecule has 0 fully saturated rings. The summed E-state index contributed by atoms with van der Waals surface area (Å²) >= 11 is 0. The van der Waals surface area contributed by atoms with Gasteiger partial charge in [0.15, 0.2) is 0 Å². The van der Waals surface area contributed by atoms with Crippen molar-refractivity contribution in [2.45, 2.75) is 52.0 Å². The summed E-state index contributed by atoms with van der Waals surface area (Å²) in [5, 5.41) is 0. The van der Waals surface area contributed by atoms with Gasteiger partial charge in [0.1, 0.15) is 0 Å². The molecule has 0 aliphatic carbocycles. The first-order chi connectivity index (χ1) is 10.9. The van der Waals surface area contributed by atoms with E-state index in [2.05, 4.69) is 60.4 Å². The minimum Gasteiger partial charge on any atom is -0.367 e. The number of hydrogen-bond donors (Lipinski definition) is 0. The second kappa shape index (κ2) is 7.49. The van der Waals surface area contributed by atoms with Crippen molar-refractivity contribution in [2.24, 2.45) is 0 Å². The van der Waals surface area contributed by atoms with Crippen LogP contribution in [-0.4, -0.2) is 6.54 Å². The van der Waals surface area contributed by atoms with Crippen molar-refractivity contribution in [1.82, 2.24) is 0 Å². The number of unbranched alkanes of at least 4 members (excludes halogenated alkanes) is 3. The molecular weight excluding hydrogens is 266 g/mol. The molecule has 1 aliphatic rings. The van der Waals surface area contributed by atoms with Gasteiger partial charge in [0.05, 0.1) is 0 Å². The zero-order valence-corrected chi connectivity index (χ0v) is 13.7. The van der Waals surface area contributed by atoms with Gasteiger partial charge in [-0.2, -0.15) is 0 Å². The topological polar surface area (TPSA) is 3.24 Å². The fourth-order valence-corrected chi connectivity index (χ4v) is 3.35. The van der Waals surface area contributed by atoms with E-state index in [0.29, 0.717) is 0 Å². The zero-order chi connectivity index (χ0) is 15.2. The second-order valence-corrected chi connectivity index (χ2v) is 6.42. The Morgan fingerprint density at radius 1 is 0.864 bits per heavy atom. The lowest BCUT2D eigenvalue weighted by Gasteiger charge is -2.30. The van der Waals surface area contributed by atoms with Gasteiger partial charge in [0.25, 0.3) is 0 Å². The minimum atomic E-state index is 1.05. The first-order valence-electron chi connectivity index (χ1n) is 8.77. The van der Waals surface area contributed by atoms with Gasteiger partial charge in [0, 0.05) is 18.8 Å². The molecule has 1 heterocycles. The minimum absolute atomic E-state index is 1.05. The van der Waals surface area contributed by atoms with Crippen LogP contribution in [0.4, 0.5) is 5.69 Å². The molecule has 0 bridgehead atoms. The summed E-state index contributed by atoms with van der Waals surface area (Å²) in [5.74, 6) is 0. The summed E-state index contributed by atoms with van der Waals surface area (Å²) in [5.41, 5.74) is 5.85. The van der Waals surface area contributed by atoms with Gasteiger partial charge < -0.3 is 4.90 Å². The lowest BCUT2D eigenvalue weighted by atomic mass is 9.99. The molecule has 0 amide bonds. The quantitative estimate of drug-likeness (QED) is 0.647. The van der Waals surface area contributed by atoms with Crippen LogP contribution in [0.25, 0.3) is 0 Å². The van der Waals surface area contributed by atoms with Gasteiger partial charge in [-0.25, -0.2) is 0 Å². The third-order valence-electron chi connectivity index (χ3n) is 4.75. The van der Waals surface area contributed by atoms with Gasteiger partial charge in [0.2, 0.25) is 0 Å². The molecule has 0 saturated carbocycles. The summed E-state index contributed by atoms with van der Waals surface area (Å²) in [4.78, 5) is 2.50. The monoisotopic (exact) mass is 293 g/mol. The van der Waals surface area contributed by atoms with Crippen LogP contribution in [0.5, 0.6) is 0 Å². The molecule has 1 aliphatic heterocycles. The molecule has 0 radical (unpaired) electrons. The normalized spacial score (nSPS) is 14.0. The summed E-state index contributed by atoms with van der Waals surface area (Å²) in [6.07, 6.45) is 7.75. The van der Waals surface area contributed by atoms with Crippen molar-refractivity contribution in [1.29, 1.82) is 0 Å². The van der Waals surface area contributed by atoms with E-state index < -0.39 is 0 Å². The third-order valence-corrected chi connectivity index (χ3v) is 4.75. The number of hydrogen-bond acceptors (Lipinski definition) is 1. The van der Waals surface area contributed by atoms with E-state index in [0.717, 1.165) is 19.5 Å². The molecule has 0 spiro atoms. The van der Waals surface area contributed by atoms with Crippen LogP contribution in [0.1, 0.15) is 49.3 Å². The Hall–Kier alpha value is -1.76. The van der Waals surface area contributed by atoms with Crippen LogP contribution in [0.3, 0.4) is 0 Å². The van der Waals surface area contributed by atoms with Crippen LogP contribution >= 0.6 is 0 Å². The van der Waals surface area contributed by atoms with Gasteiger partial charge in [-0.3, -0.25) is 0 Å². The van der Waals surface area contributed by atoms with E-state index in [1.165, 1.54) is 54.5 Å². The maximum Gasteiger partial charge on any atom is 0.0432 e. The van der Waals surface area contributed by atoms with Crippen molar-refractivity contribution in [3.63, 3.8) is 0 Å². The van der Waals surface area contributed by atoms with Crippen LogP contribution in [0, 0.1) is 0 Å². The van der Waals surface area contributed by atoms with Gasteiger partial charge in [-0.1, -0.05) is 62.6 Å². The van der Waals surface area contributed by atoms with Crippen molar-refractivity contribution in [3.05, 3.63) is 65.2 Å². The summed E-state index contributed by atoms with van der Waals surface area (Å²) in [6, 6.07) is 18.1. The first kappa shape index (κ1) is 15.1. The average Bonchev–Trinajstić information content (AvgIpc) is 2.59. The molecule has 2 aromatic carbocycles. The highest BCUT2D eigenvalue weighted by atomic mass is 15.1. The number of aryl methyl sites for hydroxylation is 1. The van der Waals surface area contributed by atoms with Crippen LogP contribution in [-0.2, 0) is 19.4 Å². The molecule has 22 heavy (non-hydrogen) atoms. The van der Waals surface area contributed by atoms with E-state index in [-0.39, 0.29) is 0 Å². The lowest BCUT2D eigenvalue weighted by Crippen LogP contribution is -2.30. The van der Waals surface area contributed by atoms with E-state index in [1.54, 1.807) is 0 Å². The van der Waals surface area contributed by atoms with Crippen molar-refractivity contribution in [3.8, 4) is 0 Å². The van der Waals surface area contributed by atoms with Gasteiger partial charge >= 0.3 is 0 Å². The maximum absolute atomic E-state index is 2.50. The Kier molecular flexibility index (Phi) is 5.15. The molecular formula is C21H27N. The lowest BCUT2D eigenvalue weighted by molar-refractivity contribution is 0.666. The molecule has 0 saturated heterocycles. The van der Waals surface area contributed by atoms with E-state index in [1.807, 2.05) is 0 Å². The Morgan fingerprint density at radius 3 is 2.41 bits per heavy atom. The first-order valence-corrected chi connectivity index (χ1v) is 8.77. The number of benzene rings is 2. The Morgan fingerprint density at radius 2 is 1.64 bits per heavy atom. The third kappa shape index (κ3) is 3.71. The highest BCUT2D eigenvalue weighted by molar-refractivity contribution is 5.50. The smallest absolute Gasteiger partial charge is 0.0432 e. The molecule has 1 heteroatoms. The maximum atomic E-state index is 2.50. The summed E-state index contributed by atoms with van der Waals surface area (Å²) in [7, 11) is 0. The van der Waals surface area contributed by atoms with Crippen molar-refractivity contribution in [2.75, 3.05) is 11.4 Å². The predicted octanol–water partition coefficient (Wildman–Crippen LogP) is 5.37.